The maximum atomic E-state index is 10.0. The van der Waals surface area contributed by atoms with Crippen LogP contribution in [0.15, 0.2) is 64.8 Å². The Labute approximate surface area is 145 Å². The van der Waals surface area contributed by atoms with Crippen molar-refractivity contribution < 1.29 is 20.1 Å². The van der Waals surface area contributed by atoms with Crippen LogP contribution < -0.4 is 5.32 Å². The molecule has 1 aliphatic rings. The molecule has 0 unspecified atom stereocenters. The van der Waals surface area contributed by atoms with Crippen LogP contribution in [0, 0.1) is 0 Å². The topological polar surface area (TPSA) is 107 Å². The largest absolute Gasteiger partial charge is 0.388 e. The fraction of sp³-hybridized carbons (Fsp3) is 0.333. The molecule has 0 spiro atoms. The summed E-state index contributed by atoms with van der Waals surface area (Å²) in [6.45, 7) is 1.64. The van der Waals surface area contributed by atoms with Gasteiger partial charge in [0, 0.05) is 5.69 Å². The summed E-state index contributed by atoms with van der Waals surface area (Å²) in [5.41, 5.74) is 2.15. The lowest BCUT2D eigenvalue weighted by molar-refractivity contribution is -0.209. The van der Waals surface area contributed by atoms with Gasteiger partial charge in [-0.1, -0.05) is 18.2 Å². The number of azo groups is 1. The molecule has 7 nitrogen and oxygen atoms in total. The predicted octanol–water partition coefficient (Wildman–Crippen LogP) is 2.34. The fourth-order valence-electron chi connectivity index (χ4n) is 2.57. The van der Waals surface area contributed by atoms with Gasteiger partial charge in [-0.25, -0.2) is 0 Å². The van der Waals surface area contributed by atoms with Gasteiger partial charge in [-0.05, 0) is 43.3 Å². The standard InChI is InChI=1S/C18H21N3O4/c1-11-15(22)16(23)17(24)18(25-11)19-12-7-9-14(10-8-12)21-20-13-5-3-2-4-6-13/h2-11,15-19,22-24H,1H3/t11-,15-,16-,17+,18-/m0/s1. The van der Waals surface area contributed by atoms with E-state index in [0.717, 1.165) is 5.69 Å². The molecule has 0 radical (unpaired) electrons. The second-order valence-corrected chi connectivity index (χ2v) is 5.96. The summed E-state index contributed by atoms with van der Waals surface area (Å²) in [5, 5.41) is 40.9. The molecule has 5 atom stereocenters. The molecule has 4 N–H and O–H groups in total. The number of aliphatic hydroxyl groups excluding tert-OH is 3. The third-order valence-corrected chi connectivity index (χ3v) is 4.07. The average Bonchev–Trinajstić information content (AvgIpc) is 2.64. The van der Waals surface area contributed by atoms with E-state index in [1.807, 2.05) is 30.3 Å². The van der Waals surface area contributed by atoms with Crippen LogP contribution in [0.5, 0.6) is 0 Å². The average molecular weight is 343 g/mol. The Kier molecular flexibility index (Phi) is 5.40. The quantitative estimate of drug-likeness (QED) is 0.638. The van der Waals surface area contributed by atoms with Crippen LogP contribution in [0.1, 0.15) is 6.92 Å². The van der Waals surface area contributed by atoms with Crippen LogP contribution in [0.3, 0.4) is 0 Å². The molecule has 7 heteroatoms. The first-order valence-electron chi connectivity index (χ1n) is 8.07. The minimum absolute atomic E-state index is 0.588. The van der Waals surface area contributed by atoms with E-state index in [-0.39, 0.29) is 0 Å². The molecule has 1 aliphatic heterocycles. The van der Waals surface area contributed by atoms with Gasteiger partial charge in [0.1, 0.15) is 18.3 Å². The Bertz CT molecular complexity index is 708. The third-order valence-electron chi connectivity index (χ3n) is 4.07. The van der Waals surface area contributed by atoms with E-state index >= 15 is 0 Å². The third kappa shape index (κ3) is 4.21. The highest BCUT2D eigenvalue weighted by Crippen LogP contribution is 2.24. The Morgan fingerprint density at radius 3 is 2.04 bits per heavy atom. The van der Waals surface area contributed by atoms with E-state index in [9.17, 15) is 15.3 Å². The Morgan fingerprint density at radius 1 is 0.800 bits per heavy atom. The summed E-state index contributed by atoms with van der Waals surface area (Å²) in [6.07, 6.45) is -5.02. The van der Waals surface area contributed by atoms with Gasteiger partial charge in [-0.15, -0.1) is 0 Å². The van der Waals surface area contributed by atoms with Crippen molar-refractivity contribution in [2.75, 3.05) is 5.32 Å². The molecular formula is C18H21N3O4. The fourth-order valence-corrected chi connectivity index (χ4v) is 2.57. The van der Waals surface area contributed by atoms with E-state index in [1.165, 1.54) is 0 Å². The number of rotatable bonds is 4. The van der Waals surface area contributed by atoms with Crippen molar-refractivity contribution in [3.63, 3.8) is 0 Å². The molecule has 1 heterocycles. The van der Waals surface area contributed by atoms with E-state index in [0.29, 0.717) is 11.4 Å². The maximum absolute atomic E-state index is 10.0. The minimum Gasteiger partial charge on any atom is -0.388 e. The molecule has 3 rings (SSSR count). The molecule has 0 aliphatic carbocycles. The zero-order valence-electron chi connectivity index (χ0n) is 13.7. The second kappa shape index (κ2) is 7.71. The van der Waals surface area contributed by atoms with Crippen molar-refractivity contribution in [3.8, 4) is 0 Å². The monoisotopic (exact) mass is 343 g/mol. The number of benzene rings is 2. The van der Waals surface area contributed by atoms with Gasteiger partial charge in [0.2, 0.25) is 0 Å². The number of hydrogen-bond acceptors (Lipinski definition) is 7. The van der Waals surface area contributed by atoms with E-state index in [1.54, 1.807) is 31.2 Å². The summed E-state index contributed by atoms with van der Waals surface area (Å²) < 4.78 is 5.51. The molecule has 2 aromatic rings. The number of aliphatic hydroxyl groups is 3. The summed E-state index contributed by atoms with van der Waals surface area (Å²) in [7, 11) is 0. The lowest BCUT2D eigenvalue weighted by Gasteiger charge is -2.39. The lowest BCUT2D eigenvalue weighted by atomic mass is 9.99. The number of ether oxygens (including phenoxy) is 1. The van der Waals surface area contributed by atoms with Gasteiger partial charge in [-0.3, -0.25) is 0 Å². The van der Waals surface area contributed by atoms with Gasteiger partial charge in [0.25, 0.3) is 0 Å². The second-order valence-electron chi connectivity index (χ2n) is 5.96. The molecule has 132 valence electrons. The molecule has 0 saturated carbocycles. The maximum Gasteiger partial charge on any atom is 0.157 e. The molecule has 0 bridgehead atoms. The van der Waals surface area contributed by atoms with Crippen LogP contribution in [0.4, 0.5) is 17.1 Å². The first kappa shape index (κ1) is 17.5. The van der Waals surface area contributed by atoms with E-state index in [2.05, 4.69) is 15.5 Å². The SMILES string of the molecule is C[C@@H]1O[C@H](Nc2ccc(N=Nc3ccccc3)cc2)[C@H](O)[C@@H](O)[C@H]1O. The minimum atomic E-state index is -1.26. The smallest absolute Gasteiger partial charge is 0.157 e. The normalized spacial score (nSPS) is 29.7. The van der Waals surface area contributed by atoms with Crippen molar-refractivity contribution in [1.29, 1.82) is 0 Å². The predicted molar refractivity (Wildman–Crippen MR) is 93.0 cm³/mol. The summed E-state index contributed by atoms with van der Waals surface area (Å²) in [4.78, 5) is 0. The van der Waals surface area contributed by atoms with Crippen molar-refractivity contribution in [1.82, 2.24) is 0 Å². The van der Waals surface area contributed by atoms with Gasteiger partial charge < -0.3 is 25.4 Å². The molecular weight excluding hydrogens is 322 g/mol. The number of nitrogens with one attached hydrogen (secondary N) is 1. The Morgan fingerprint density at radius 2 is 1.40 bits per heavy atom. The van der Waals surface area contributed by atoms with Gasteiger partial charge in [0.15, 0.2) is 6.23 Å². The van der Waals surface area contributed by atoms with Crippen LogP contribution >= 0.6 is 0 Å². The number of anilines is 1. The number of hydrogen-bond donors (Lipinski definition) is 4. The lowest BCUT2D eigenvalue weighted by Crippen LogP contribution is -2.58. The molecule has 1 saturated heterocycles. The van der Waals surface area contributed by atoms with Crippen molar-refractivity contribution in [3.05, 3.63) is 54.6 Å². The zero-order valence-corrected chi connectivity index (χ0v) is 13.7. The van der Waals surface area contributed by atoms with Crippen LogP contribution in [-0.2, 0) is 4.74 Å². The van der Waals surface area contributed by atoms with Crippen molar-refractivity contribution in [2.24, 2.45) is 10.2 Å². The Balaban J connectivity index is 1.64. The first-order valence-corrected chi connectivity index (χ1v) is 8.07. The number of nitrogens with zero attached hydrogens (tertiary/aromatic N) is 2. The summed E-state index contributed by atoms with van der Waals surface area (Å²) in [6, 6.07) is 16.5. The van der Waals surface area contributed by atoms with Gasteiger partial charge in [0.05, 0.1) is 17.5 Å². The molecule has 2 aromatic carbocycles. The highest BCUT2D eigenvalue weighted by atomic mass is 16.5. The summed E-state index contributed by atoms with van der Waals surface area (Å²) in [5.74, 6) is 0. The van der Waals surface area contributed by atoms with Crippen LogP contribution in [-0.4, -0.2) is 46.0 Å². The zero-order chi connectivity index (χ0) is 17.8. The van der Waals surface area contributed by atoms with Crippen molar-refractivity contribution >= 4 is 17.1 Å². The highest BCUT2D eigenvalue weighted by molar-refractivity contribution is 5.51. The molecule has 1 fully saturated rings. The molecule has 25 heavy (non-hydrogen) atoms. The summed E-state index contributed by atoms with van der Waals surface area (Å²) >= 11 is 0. The molecule has 0 aromatic heterocycles. The van der Waals surface area contributed by atoms with Crippen molar-refractivity contribution in [2.45, 2.75) is 37.6 Å². The molecule has 0 amide bonds. The Hall–Kier alpha value is -2.32. The van der Waals surface area contributed by atoms with Gasteiger partial charge >= 0.3 is 0 Å². The highest BCUT2D eigenvalue weighted by Gasteiger charge is 2.41. The van der Waals surface area contributed by atoms with E-state index in [4.69, 9.17) is 4.74 Å². The first-order chi connectivity index (χ1) is 12.0. The van der Waals surface area contributed by atoms with Crippen LogP contribution in [0.2, 0.25) is 0 Å². The van der Waals surface area contributed by atoms with E-state index < -0.39 is 30.6 Å². The van der Waals surface area contributed by atoms with Crippen LogP contribution in [0.25, 0.3) is 0 Å². The van der Waals surface area contributed by atoms with Gasteiger partial charge in [-0.2, -0.15) is 10.2 Å².